The van der Waals surface area contributed by atoms with Crippen molar-refractivity contribution in [2.24, 2.45) is 0 Å². The highest BCUT2D eigenvalue weighted by atomic mass is 32.2. The maximum absolute atomic E-state index is 13.1. The molecule has 0 aromatic heterocycles. The fourth-order valence-electron chi connectivity index (χ4n) is 3.62. The number of rotatable bonds is 7. The van der Waals surface area contributed by atoms with Gasteiger partial charge in [0.15, 0.2) is 6.61 Å². The molecule has 1 atom stereocenters. The van der Waals surface area contributed by atoms with Crippen LogP contribution in [0, 0.1) is 12.7 Å². The highest BCUT2D eigenvalue weighted by Crippen LogP contribution is 2.31. The van der Waals surface area contributed by atoms with E-state index in [1.54, 1.807) is 13.0 Å². The van der Waals surface area contributed by atoms with E-state index in [1.165, 1.54) is 12.1 Å². The molecule has 1 aliphatic rings. The van der Waals surface area contributed by atoms with Gasteiger partial charge in [-0.1, -0.05) is 24.3 Å². The zero-order valence-electron chi connectivity index (χ0n) is 18.8. The Kier molecular flexibility index (Phi) is 7.02. The van der Waals surface area contributed by atoms with Crippen molar-refractivity contribution in [3.63, 3.8) is 0 Å². The summed E-state index contributed by atoms with van der Waals surface area (Å²) in [7, 11) is -4.00. The van der Waals surface area contributed by atoms with Crippen LogP contribution in [-0.2, 0) is 19.6 Å². The summed E-state index contributed by atoms with van der Waals surface area (Å²) in [6.45, 7) is 1.63. The maximum Gasteiger partial charge on any atom is 0.338 e. The van der Waals surface area contributed by atoms with E-state index >= 15 is 0 Å². The molecule has 0 aliphatic carbocycles. The molecule has 4 rings (SSSR count). The monoisotopic (exact) mass is 498 g/mol. The van der Waals surface area contributed by atoms with Crippen LogP contribution in [0.15, 0.2) is 71.6 Å². The molecule has 3 aromatic carbocycles. The quantitative estimate of drug-likeness (QED) is 0.481. The van der Waals surface area contributed by atoms with Crippen LogP contribution in [0.3, 0.4) is 0 Å². The van der Waals surface area contributed by atoms with Crippen LogP contribution in [0.5, 0.6) is 5.75 Å². The van der Waals surface area contributed by atoms with E-state index in [9.17, 15) is 22.4 Å². The van der Waals surface area contributed by atoms with Gasteiger partial charge in [-0.05, 0) is 55.0 Å². The average Bonchev–Trinajstić information content (AvgIpc) is 2.84. The Balaban J connectivity index is 1.39. The van der Waals surface area contributed by atoms with E-state index in [2.05, 4.69) is 10.0 Å². The first-order chi connectivity index (χ1) is 16.7. The van der Waals surface area contributed by atoms with Crippen LogP contribution >= 0.6 is 0 Å². The van der Waals surface area contributed by atoms with Crippen LogP contribution in [0.4, 0.5) is 10.1 Å². The third kappa shape index (κ3) is 5.78. The summed E-state index contributed by atoms with van der Waals surface area (Å²) in [6.07, 6.45) is 0.590. The maximum atomic E-state index is 13.1. The number of hydrogen-bond donors (Lipinski definition) is 2. The highest BCUT2D eigenvalue weighted by molar-refractivity contribution is 7.92. The number of carbonyl (C=O) groups is 2. The minimum atomic E-state index is -4.00. The first kappa shape index (κ1) is 24.2. The number of para-hydroxylation sites is 1. The van der Waals surface area contributed by atoms with Crippen LogP contribution in [0.1, 0.15) is 33.9 Å². The van der Waals surface area contributed by atoms with Crippen molar-refractivity contribution in [2.45, 2.75) is 24.3 Å². The van der Waals surface area contributed by atoms with Gasteiger partial charge in [0.1, 0.15) is 11.6 Å². The number of halogens is 1. The number of hydrogen-bond acceptors (Lipinski definition) is 6. The van der Waals surface area contributed by atoms with Crippen molar-refractivity contribution >= 4 is 27.6 Å². The fraction of sp³-hybridized carbons (Fsp3) is 0.200. The number of esters is 1. The standard InChI is InChI=1S/C25H23FN2O6S/c1-16-6-7-17(14-22(16)28-35(31,32)19-10-8-18(26)9-11-19)25(30)34-15-24(29)27-21-12-13-33-23-5-3-2-4-20(21)23/h2-11,14,21,28H,12-13,15H2,1H3,(H,27,29)/t21-/m0/s1. The Morgan fingerprint density at radius 1 is 1.09 bits per heavy atom. The number of benzene rings is 3. The second-order valence-corrected chi connectivity index (χ2v) is 9.64. The highest BCUT2D eigenvalue weighted by Gasteiger charge is 2.23. The Labute approximate surface area is 202 Å². The van der Waals surface area contributed by atoms with Gasteiger partial charge in [-0.3, -0.25) is 9.52 Å². The van der Waals surface area contributed by atoms with E-state index < -0.39 is 34.3 Å². The summed E-state index contributed by atoms with van der Waals surface area (Å²) in [6, 6.07) is 15.9. The molecule has 0 saturated heterocycles. The van der Waals surface area contributed by atoms with Crippen LogP contribution < -0.4 is 14.8 Å². The molecule has 1 heterocycles. The first-order valence-electron chi connectivity index (χ1n) is 10.8. The molecule has 0 saturated carbocycles. The molecule has 3 aromatic rings. The molecule has 10 heteroatoms. The summed E-state index contributed by atoms with van der Waals surface area (Å²) >= 11 is 0. The minimum Gasteiger partial charge on any atom is -0.493 e. The molecule has 0 bridgehead atoms. The van der Waals surface area contributed by atoms with E-state index in [0.29, 0.717) is 24.3 Å². The number of fused-ring (bicyclic) bond motifs is 1. The normalized spacial score (nSPS) is 14.9. The van der Waals surface area contributed by atoms with Crippen molar-refractivity contribution < 1.29 is 31.9 Å². The van der Waals surface area contributed by atoms with Gasteiger partial charge in [0.25, 0.3) is 15.9 Å². The number of ether oxygens (including phenoxy) is 2. The minimum absolute atomic E-state index is 0.0663. The van der Waals surface area contributed by atoms with E-state index in [1.807, 2.05) is 24.3 Å². The van der Waals surface area contributed by atoms with Crippen molar-refractivity contribution in [1.29, 1.82) is 0 Å². The van der Waals surface area contributed by atoms with Crippen molar-refractivity contribution in [1.82, 2.24) is 5.32 Å². The van der Waals surface area contributed by atoms with E-state index in [4.69, 9.17) is 9.47 Å². The van der Waals surface area contributed by atoms with Crippen molar-refractivity contribution in [3.05, 3.63) is 89.2 Å². The number of amides is 1. The first-order valence-corrected chi connectivity index (χ1v) is 12.3. The predicted molar refractivity (Wildman–Crippen MR) is 126 cm³/mol. The average molecular weight is 499 g/mol. The van der Waals surface area contributed by atoms with E-state index in [-0.39, 0.29) is 22.2 Å². The molecule has 8 nitrogen and oxygen atoms in total. The van der Waals surface area contributed by atoms with Gasteiger partial charge >= 0.3 is 5.97 Å². The number of anilines is 1. The number of carbonyl (C=O) groups excluding carboxylic acids is 2. The van der Waals surface area contributed by atoms with E-state index in [0.717, 1.165) is 29.8 Å². The molecule has 0 spiro atoms. The zero-order valence-corrected chi connectivity index (χ0v) is 19.6. The summed E-state index contributed by atoms with van der Waals surface area (Å²) < 4.78 is 51.5. The van der Waals surface area contributed by atoms with Gasteiger partial charge < -0.3 is 14.8 Å². The topological polar surface area (TPSA) is 111 Å². The lowest BCUT2D eigenvalue weighted by Crippen LogP contribution is -2.35. The zero-order chi connectivity index (χ0) is 25.0. The second-order valence-electron chi connectivity index (χ2n) is 7.96. The van der Waals surface area contributed by atoms with Crippen LogP contribution in [0.2, 0.25) is 0 Å². The Bertz CT molecular complexity index is 1360. The second kappa shape index (κ2) is 10.1. The summed E-state index contributed by atoms with van der Waals surface area (Å²) in [4.78, 5) is 24.8. The molecule has 35 heavy (non-hydrogen) atoms. The van der Waals surface area contributed by atoms with Crippen molar-refractivity contribution in [2.75, 3.05) is 17.9 Å². The van der Waals surface area contributed by atoms with Gasteiger partial charge in [-0.25, -0.2) is 17.6 Å². The molecule has 0 radical (unpaired) electrons. The van der Waals surface area contributed by atoms with Gasteiger partial charge in [0.2, 0.25) is 0 Å². The number of aryl methyl sites for hydroxylation is 1. The Hall–Kier alpha value is -3.92. The smallest absolute Gasteiger partial charge is 0.338 e. The number of sulfonamides is 1. The third-order valence-corrected chi connectivity index (χ3v) is 6.85. The summed E-state index contributed by atoms with van der Waals surface area (Å²) in [5, 5.41) is 2.84. The lowest BCUT2D eigenvalue weighted by Gasteiger charge is -2.26. The summed E-state index contributed by atoms with van der Waals surface area (Å²) in [5.74, 6) is -1.11. The predicted octanol–water partition coefficient (Wildman–Crippen LogP) is 3.73. The molecule has 182 valence electrons. The van der Waals surface area contributed by atoms with Crippen LogP contribution in [-0.4, -0.2) is 33.5 Å². The van der Waals surface area contributed by atoms with Crippen LogP contribution in [0.25, 0.3) is 0 Å². The van der Waals surface area contributed by atoms with Gasteiger partial charge in [0, 0.05) is 12.0 Å². The SMILES string of the molecule is Cc1ccc(C(=O)OCC(=O)N[C@H]2CCOc3ccccc32)cc1NS(=O)(=O)c1ccc(F)cc1. The molecular formula is C25H23FN2O6S. The Morgan fingerprint density at radius 2 is 1.83 bits per heavy atom. The largest absolute Gasteiger partial charge is 0.493 e. The number of nitrogens with one attached hydrogen (secondary N) is 2. The van der Waals surface area contributed by atoms with Gasteiger partial charge in [0.05, 0.1) is 28.8 Å². The molecule has 0 fully saturated rings. The fourth-order valence-corrected chi connectivity index (χ4v) is 4.74. The Morgan fingerprint density at radius 3 is 2.60 bits per heavy atom. The lowest BCUT2D eigenvalue weighted by atomic mass is 10.0. The molecular weight excluding hydrogens is 475 g/mol. The van der Waals surface area contributed by atoms with Gasteiger partial charge in [-0.15, -0.1) is 0 Å². The lowest BCUT2D eigenvalue weighted by molar-refractivity contribution is -0.125. The molecule has 0 unspecified atom stereocenters. The molecule has 1 aliphatic heterocycles. The molecule has 1 amide bonds. The van der Waals surface area contributed by atoms with Crippen molar-refractivity contribution in [3.8, 4) is 5.75 Å². The molecule has 2 N–H and O–H groups in total. The summed E-state index contributed by atoms with van der Waals surface area (Å²) in [5.41, 5.74) is 1.64. The van der Waals surface area contributed by atoms with Gasteiger partial charge in [-0.2, -0.15) is 0 Å². The third-order valence-electron chi connectivity index (χ3n) is 5.47.